The predicted molar refractivity (Wildman–Crippen MR) is 116 cm³/mol. The van der Waals surface area contributed by atoms with Crippen LogP contribution < -0.4 is 4.74 Å². The van der Waals surface area contributed by atoms with Crippen molar-refractivity contribution in [2.24, 2.45) is 0 Å². The number of ether oxygens (including phenoxy) is 1. The summed E-state index contributed by atoms with van der Waals surface area (Å²) in [5.41, 5.74) is 4.25. The summed E-state index contributed by atoms with van der Waals surface area (Å²) in [5, 5.41) is 31.2. The molecule has 1 aliphatic rings. The van der Waals surface area contributed by atoms with Crippen molar-refractivity contribution in [1.82, 2.24) is 0 Å². The number of phenols is 2. The van der Waals surface area contributed by atoms with E-state index < -0.39 is 18.0 Å². The van der Waals surface area contributed by atoms with Crippen LogP contribution in [0.4, 0.5) is 0 Å². The smallest absolute Gasteiger partial charge is 0.199 e. The van der Waals surface area contributed by atoms with E-state index in [4.69, 9.17) is 4.74 Å². The van der Waals surface area contributed by atoms with Crippen molar-refractivity contribution in [2.75, 3.05) is 0 Å². The Bertz CT molecular complexity index is 1020. The first-order valence-electron chi connectivity index (χ1n) is 10.0. The van der Waals surface area contributed by atoms with Gasteiger partial charge in [-0.15, -0.1) is 0 Å². The second-order valence-corrected chi connectivity index (χ2v) is 8.15. The minimum atomic E-state index is -1.38. The summed E-state index contributed by atoms with van der Waals surface area (Å²) in [4.78, 5) is 12.9. The molecule has 5 heteroatoms. The van der Waals surface area contributed by atoms with Crippen LogP contribution in [-0.2, 0) is 12.8 Å². The Morgan fingerprint density at radius 1 is 0.967 bits per heavy atom. The molecule has 0 aliphatic carbocycles. The van der Waals surface area contributed by atoms with Gasteiger partial charge in [0.2, 0.25) is 0 Å². The average molecular weight is 408 g/mol. The second-order valence-electron chi connectivity index (χ2n) is 8.15. The number of aliphatic hydroxyl groups is 1. The number of rotatable bonds is 5. The van der Waals surface area contributed by atoms with E-state index in [1.54, 1.807) is 18.2 Å². The normalized spacial score (nSPS) is 17.7. The molecule has 0 bridgehead atoms. The van der Waals surface area contributed by atoms with Crippen LogP contribution in [0.2, 0.25) is 0 Å². The summed E-state index contributed by atoms with van der Waals surface area (Å²) >= 11 is 0. The third kappa shape index (κ3) is 4.41. The summed E-state index contributed by atoms with van der Waals surface area (Å²) in [5.74, 6) is 0.0460. The number of allylic oxidation sites excluding steroid dienone is 4. The fourth-order valence-electron chi connectivity index (χ4n) is 3.45. The highest BCUT2D eigenvalue weighted by Gasteiger charge is 2.38. The van der Waals surface area contributed by atoms with Gasteiger partial charge in [0.05, 0.1) is 5.56 Å². The van der Waals surface area contributed by atoms with Crippen molar-refractivity contribution in [3.63, 3.8) is 0 Å². The van der Waals surface area contributed by atoms with Gasteiger partial charge in [-0.1, -0.05) is 29.4 Å². The molecule has 0 aromatic heterocycles. The number of benzene rings is 2. The number of phenolic OH excluding ortho intramolecular Hbond substituents is 2. The van der Waals surface area contributed by atoms with Crippen molar-refractivity contribution >= 4 is 5.78 Å². The molecular formula is C25H28O5. The van der Waals surface area contributed by atoms with E-state index in [2.05, 4.69) is 0 Å². The third-order valence-electron chi connectivity index (χ3n) is 5.18. The molecule has 3 N–H and O–H groups in total. The lowest BCUT2D eigenvalue weighted by Gasteiger charge is -2.31. The van der Waals surface area contributed by atoms with Gasteiger partial charge < -0.3 is 20.1 Å². The van der Waals surface area contributed by atoms with Crippen molar-refractivity contribution in [2.45, 2.75) is 52.7 Å². The van der Waals surface area contributed by atoms with Gasteiger partial charge in [0.1, 0.15) is 17.2 Å². The maximum Gasteiger partial charge on any atom is 0.199 e. The molecular weight excluding hydrogens is 380 g/mol. The minimum Gasteiger partial charge on any atom is -0.508 e. The lowest BCUT2D eigenvalue weighted by molar-refractivity contribution is 0.0211. The lowest BCUT2D eigenvalue weighted by atomic mass is 9.90. The zero-order valence-corrected chi connectivity index (χ0v) is 17.8. The topological polar surface area (TPSA) is 87.0 Å². The predicted octanol–water partition coefficient (Wildman–Crippen LogP) is 4.79. The van der Waals surface area contributed by atoms with E-state index in [0.29, 0.717) is 35.3 Å². The first-order chi connectivity index (χ1) is 14.2. The number of ketones is 1. The highest BCUT2D eigenvalue weighted by molar-refractivity contribution is 6.03. The molecule has 1 heterocycles. The van der Waals surface area contributed by atoms with E-state index in [1.807, 2.05) is 39.8 Å². The number of hydrogen-bond acceptors (Lipinski definition) is 5. The molecule has 1 aliphatic heterocycles. The molecule has 0 fully saturated rings. The van der Waals surface area contributed by atoms with E-state index in [1.165, 1.54) is 12.1 Å². The number of Topliss-reactive ketones (excluding diaryl/α,β-unsaturated/α-hetero) is 1. The fourth-order valence-corrected chi connectivity index (χ4v) is 3.45. The number of hydrogen-bond donors (Lipinski definition) is 3. The van der Waals surface area contributed by atoms with Crippen molar-refractivity contribution in [3.8, 4) is 17.2 Å². The largest absolute Gasteiger partial charge is 0.508 e. The summed E-state index contributed by atoms with van der Waals surface area (Å²) in [6.07, 6.45) is 2.58. The van der Waals surface area contributed by atoms with E-state index in [9.17, 15) is 20.1 Å². The minimum absolute atomic E-state index is 0.0455. The summed E-state index contributed by atoms with van der Waals surface area (Å²) < 4.78 is 6.11. The Hall–Kier alpha value is -3.05. The molecule has 0 amide bonds. The molecule has 0 spiro atoms. The maximum atomic E-state index is 12.9. The molecule has 0 radical (unpaired) electrons. The summed E-state index contributed by atoms with van der Waals surface area (Å²) in [6, 6.07) is 7.88. The molecule has 30 heavy (non-hydrogen) atoms. The number of carbonyl (C=O) groups excluding carboxylic acids is 1. The van der Waals surface area contributed by atoms with Crippen molar-refractivity contribution in [3.05, 3.63) is 75.9 Å². The zero-order chi connectivity index (χ0) is 22.0. The highest BCUT2D eigenvalue weighted by Crippen LogP contribution is 2.42. The molecule has 0 saturated heterocycles. The monoisotopic (exact) mass is 408 g/mol. The van der Waals surface area contributed by atoms with E-state index in [0.717, 1.165) is 11.1 Å². The summed E-state index contributed by atoms with van der Waals surface area (Å²) in [7, 11) is 0. The van der Waals surface area contributed by atoms with Crippen LogP contribution in [0.3, 0.4) is 0 Å². The molecule has 2 aromatic rings. The Labute approximate surface area is 177 Å². The quantitative estimate of drug-likeness (QED) is 0.619. The van der Waals surface area contributed by atoms with Crippen LogP contribution in [0.15, 0.2) is 53.6 Å². The Balaban J connectivity index is 2.04. The fraction of sp³-hybridized carbons (Fsp3) is 0.320. The Morgan fingerprint density at radius 3 is 2.27 bits per heavy atom. The highest BCUT2D eigenvalue weighted by atomic mass is 16.5. The van der Waals surface area contributed by atoms with Crippen molar-refractivity contribution < 1.29 is 24.9 Å². The van der Waals surface area contributed by atoms with Crippen LogP contribution >= 0.6 is 0 Å². The number of carbonyl (C=O) groups is 1. The Kier molecular flexibility index (Phi) is 6.32. The van der Waals surface area contributed by atoms with Gasteiger partial charge in [-0.2, -0.15) is 0 Å². The zero-order valence-electron chi connectivity index (χ0n) is 17.8. The first kappa shape index (κ1) is 21.7. The van der Waals surface area contributed by atoms with E-state index >= 15 is 0 Å². The van der Waals surface area contributed by atoms with Gasteiger partial charge in [-0.05, 0) is 75.9 Å². The number of aliphatic hydroxyl groups excluding tert-OH is 1. The van der Waals surface area contributed by atoms with Gasteiger partial charge in [-0.3, -0.25) is 4.79 Å². The van der Waals surface area contributed by atoms with Gasteiger partial charge in [0.15, 0.2) is 18.0 Å². The van der Waals surface area contributed by atoms with Gasteiger partial charge in [0.25, 0.3) is 0 Å². The van der Waals surface area contributed by atoms with Crippen LogP contribution in [-0.4, -0.2) is 27.2 Å². The van der Waals surface area contributed by atoms with E-state index in [-0.39, 0.29) is 17.1 Å². The second kappa shape index (κ2) is 8.76. The Morgan fingerprint density at radius 2 is 1.60 bits per heavy atom. The molecule has 0 saturated carbocycles. The van der Waals surface area contributed by atoms with Crippen molar-refractivity contribution in [1.29, 1.82) is 0 Å². The summed E-state index contributed by atoms with van der Waals surface area (Å²) in [6.45, 7) is 7.86. The average Bonchev–Trinajstić information content (AvgIpc) is 2.69. The van der Waals surface area contributed by atoms with Gasteiger partial charge in [-0.25, -0.2) is 0 Å². The SMILES string of the molecule is CC(C)=CCc1cc([C@H]2Oc3c(ccc(O)c3CC=C(C)C)C(=O)C2O)ccc1O. The molecule has 158 valence electrons. The lowest BCUT2D eigenvalue weighted by Crippen LogP contribution is -2.36. The standard InChI is InChI=1S/C25H28O5/c1-14(2)5-7-16-13-17(8-11-20(16)26)24-23(29)22(28)19-10-12-21(27)18(25(19)30-24)9-6-15(3)4/h5-6,8,10-13,23-24,26-27,29H,7,9H2,1-4H3/t23?,24-/m1/s1. The number of aromatic hydroxyl groups is 2. The first-order valence-corrected chi connectivity index (χ1v) is 10.0. The molecule has 3 rings (SSSR count). The van der Waals surface area contributed by atoms with Crippen LogP contribution in [0, 0.1) is 0 Å². The number of fused-ring (bicyclic) bond motifs is 1. The molecule has 2 aromatic carbocycles. The van der Waals surface area contributed by atoms with Gasteiger partial charge >= 0.3 is 0 Å². The molecule has 1 unspecified atom stereocenters. The molecule has 2 atom stereocenters. The molecule has 5 nitrogen and oxygen atoms in total. The van der Waals surface area contributed by atoms with Gasteiger partial charge in [0, 0.05) is 5.56 Å². The van der Waals surface area contributed by atoms with Crippen LogP contribution in [0.1, 0.15) is 60.8 Å². The third-order valence-corrected chi connectivity index (χ3v) is 5.18. The van der Waals surface area contributed by atoms with Crippen LogP contribution in [0.25, 0.3) is 0 Å². The maximum absolute atomic E-state index is 12.9. The van der Waals surface area contributed by atoms with Crippen LogP contribution in [0.5, 0.6) is 17.2 Å².